The summed E-state index contributed by atoms with van der Waals surface area (Å²) in [6.07, 6.45) is 0.910. The lowest BCUT2D eigenvalue weighted by Crippen LogP contribution is -2.24. The van der Waals surface area contributed by atoms with Crippen molar-refractivity contribution in [2.75, 3.05) is 18.5 Å². The molecule has 0 aliphatic rings. The molecule has 0 N–H and O–H groups in total. The standard InChI is InChI=1S/C12H16N2/c1-3-11(9-13)10-14(2)12-7-5-4-6-8-12/h4-8,11H,3,10H2,1-2H3. The SMILES string of the molecule is CCC(C#N)CN(C)c1ccccc1. The maximum atomic E-state index is 8.85. The second-order valence-corrected chi connectivity index (χ2v) is 3.45. The molecule has 0 aliphatic heterocycles. The zero-order chi connectivity index (χ0) is 10.4. The third-order valence-corrected chi connectivity index (χ3v) is 2.37. The highest BCUT2D eigenvalue weighted by atomic mass is 15.1. The molecule has 0 heterocycles. The molecule has 1 atom stereocenters. The predicted octanol–water partition coefficient (Wildman–Crippen LogP) is 2.67. The van der Waals surface area contributed by atoms with Crippen molar-refractivity contribution in [2.24, 2.45) is 5.92 Å². The Morgan fingerprint density at radius 1 is 1.36 bits per heavy atom. The minimum Gasteiger partial charge on any atom is -0.373 e. The maximum Gasteiger partial charge on any atom is 0.0674 e. The number of para-hydroxylation sites is 1. The van der Waals surface area contributed by atoms with E-state index >= 15 is 0 Å². The summed E-state index contributed by atoms with van der Waals surface area (Å²) in [5, 5.41) is 8.85. The van der Waals surface area contributed by atoms with Crippen LogP contribution in [0.15, 0.2) is 30.3 Å². The first-order valence-corrected chi connectivity index (χ1v) is 4.93. The van der Waals surface area contributed by atoms with Gasteiger partial charge in [0.05, 0.1) is 12.0 Å². The Labute approximate surface area is 85.8 Å². The molecular weight excluding hydrogens is 172 g/mol. The highest BCUT2D eigenvalue weighted by Gasteiger charge is 2.08. The quantitative estimate of drug-likeness (QED) is 0.726. The highest BCUT2D eigenvalue weighted by Crippen LogP contribution is 2.13. The smallest absolute Gasteiger partial charge is 0.0674 e. The second-order valence-electron chi connectivity index (χ2n) is 3.45. The lowest BCUT2D eigenvalue weighted by Gasteiger charge is -2.21. The van der Waals surface area contributed by atoms with Gasteiger partial charge >= 0.3 is 0 Å². The summed E-state index contributed by atoms with van der Waals surface area (Å²) in [6, 6.07) is 12.5. The second kappa shape index (κ2) is 5.29. The van der Waals surface area contributed by atoms with Crippen LogP contribution in [0.2, 0.25) is 0 Å². The molecule has 1 rings (SSSR count). The molecule has 74 valence electrons. The molecule has 14 heavy (non-hydrogen) atoms. The van der Waals surface area contributed by atoms with Crippen molar-refractivity contribution < 1.29 is 0 Å². The van der Waals surface area contributed by atoms with Gasteiger partial charge in [0.2, 0.25) is 0 Å². The zero-order valence-corrected chi connectivity index (χ0v) is 8.77. The van der Waals surface area contributed by atoms with Crippen molar-refractivity contribution in [3.63, 3.8) is 0 Å². The lowest BCUT2D eigenvalue weighted by atomic mass is 10.1. The van der Waals surface area contributed by atoms with Crippen molar-refractivity contribution in [2.45, 2.75) is 13.3 Å². The summed E-state index contributed by atoms with van der Waals surface area (Å²) in [4.78, 5) is 2.12. The Morgan fingerprint density at radius 3 is 2.50 bits per heavy atom. The third kappa shape index (κ3) is 2.77. The number of anilines is 1. The Balaban J connectivity index is 2.59. The molecule has 0 amide bonds. The number of hydrogen-bond acceptors (Lipinski definition) is 2. The number of nitrogens with zero attached hydrogens (tertiary/aromatic N) is 2. The largest absolute Gasteiger partial charge is 0.373 e. The molecular formula is C12H16N2. The van der Waals surface area contributed by atoms with Crippen LogP contribution in [0.4, 0.5) is 5.69 Å². The van der Waals surface area contributed by atoms with E-state index in [4.69, 9.17) is 5.26 Å². The normalized spacial score (nSPS) is 11.8. The number of rotatable bonds is 4. The molecule has 0 radical (unpaired) electrons. The number of benzene rings is 1. The van der Waals surface area contributed by atoms with Gasteiger partial charge in [0.1, 0.15) is 0 Å². The van der Waals surface area contributed by atoms with Gasteiger partial charge in [0.15, 0.2) is 0 Å². The van der Waals surface area contributed by atoms with Crippen molar-refractivity contribution in [1.82, 2.24) is 0 Å². The summed E-state index contributed by atoms with van der Waals surface area (Å²) in [7, 11) is 2.02. The molecule has 0 saturated heterocycles. The predicted molar refractivity (Wildman–Crippen MR) is 59.1 cm³/mol. The Kier molecular flexibility index (Phi) is 4.00. The minimum absolute atomic E-state index is 0.125. The van der Waals surface area contributed by atoms with E-state index in [2.05, 4.69) is 23.1 Å². The van der Waals surface area contributed by atoms with E-state index < -0.39 is 0 Å². The molecule has 1 aromatic rings. The van der Waals surface area contributed by atoms with Gasteiger partial charge in [0, 0.05) is 19.3 Å². The number of hydrogen-bond donors (Lipinski definition) is 0. The van der Waals surface area contributed by atoms with Gasteiger partial charge in [-0.1, -0.05) is 25.1 Å². The van der Waals surface area contributed by atoms with Gasteiger partial charge in [-0.05, 0) is 18.6 Å². The Bertz CT molecular complexity index is 300. The van der Waals surface area contributed by atoms with Crippen LogP contribution in [0, 0.1) is 17.2 Å². The van der Waals surface area contributed by atoms with Crippen molar-refractivity contribution in [3.8, 4) is 6.07 Å². The molecule has 0 aliphatic carbocycles. The first-order chi connectivity index (χ1) is 6.77. The summed E-state index contributed by atoms with van der Waals surface area (Å²) >= 11 is 0. The third-order valence-electron chi connectivity index (χ3n) is 2.37. The minimum atomic E-state index is 0.125. The van der Waals surface area contributed by atoms with Crippen LogP contribution in [0.1, 0.15) is 13.3 Å². The van der Waals surface area contributed by atoms with E-state index in [1.165, 1.54) is 5.69 Å². The first-order valence-electron chi connectivity index (χ1n) is 4.93. The molecule has 0 saturated carbocycles. The zero-order valence-electron chi connectivity index (χ0n) is 8.77. The average Bonchev–Trinajstić information content (AvgIpc) is 2.26. The summed E-state index contributed by atoms with van der Waals surface area (Å²) in [5.41, 5.74) is 1.17. The van der Waals surface area contributed by atoms with Crippen molar-refractivity contribution in [1.29, 1.82) is 5.26 Å². The molecule has 1 aromatic carbocycles. The molecule has 2 heteroatoms. The monoisotopic (exact) mass is 188 g/mol. The fourth-order valence-corrected chi connectivity index (χ4v) is 1.38. The van der Waals surface area contributed by atoms with Crippen LogP contribution >= 0.6 is 0 Å². The summed E-state index contributed by atoms with van der Waals surface area (Å²) in [5.74, 6) is 0.125. The lowest BCUT2D eigenvalue weighted by molar-refractivity contribution is 0.631. The van der Waals surface area contributed by atoms with E-state index in [0.29, 0.717) is 0 Å². The molecule has 0 spiro atoms. The van der Waals surface area contributed by atoms with E-state index in [1.54, 1.807) is 0 Å². The van der Waals surface area contributed by atoms with Crippen molar-refractivity contribution >= 4 is 5.69 Å². The van der Waals surface area contributed by atoms with Gasteiger partial charge in [0.25, 0.3) is 0 Å². The van der Waals surface area contributed by atoms with Gasteiger partial charge in [-0.2, -0.15) is 5.26 Å². The summed E-state index contributed by atoms with van der Waals surface area (Å²) in [6.45, 7) is 2.85. The average molecular weight is 188 g/mol. The summed E-state index contributed by atoms with van der Waals surface area (Å²) < 4.78 is 0. The topological polar surface area (TPSA) is 27.0 Å². The highest BCUT2D eigenvalue weighted by molar-refractivity contribution is 5.45. The van der Waals surface area contributed by atoms with Crippen LogP contribution in [0.3, 0.4) is 0 Å². The van der Waals surface area contributed by atoms with Gasteiger partial charge in [-0.15, -0.1) is 0 Å². The first kappa shape index (κ1) is 10.6. The molecule has 0 fully saturated rings. The van der Waals surface area contributed by atoms with Gasteiger partial charge < -0.3 is 4.90 Å². The van der Waals surface area contributed by atoms with E-state index in [0.717, 1.165) is 13.0 Å². The molecule has 2 nitrogen and oxygen atoms in total. The van der Waals surface area contributed by atoms with Gasteiger partial charge in [-0.3, -0.25) is 0 Å². The van der Waals surface area contributed by atoms with Crippen LogP contribution in [-0.4, -0.2) is 13.6 Å². The van der Waals surface area contributed by atoms with Crippen molar-refractivity contribution in [3.05, 3.63) is 30.3 Å². The van der Waals surface area contributed by atoms with E-state index in [1.807, 2.05) is 32.2 Å². The van der Waals surface area contributed by atoms with Crippen LogP contribution in [0.25, 0.3) is 0 Å². The maximum absolute atomic E-state index is 8.85. The van der Waals surface area contributed by atoms with Crippen LogP contribution in [-0.2, 0) is 0 Å². The van der Waals surface area contributed by atoms with E-state index in [-0.39, 0.29) is 5.92 Å². The van der Waals surface area contributed by atoms with Crippen LogP contribution < -0.4 is 4.90 Å². The Morgan fingerprint density at radius 2 is 2.00 bits per heavy atom. The molecule has 0 bridgehead atoms. The molecule has 0 aromatic heterocycles. The number of nitriles is 1. The Hall–Kier alpha value is -1.49. The van der Waals surface area contributed by atoms with Gasteiger partial charge in [-0.25, -0.2) is 0 Å². The fourth-order valence-electron chi connectivity index (χ4n) is 1.38. The molecule has 1 unspecified atom stereocenters. The van der Waals surface area contributed by atoms with E-state index in [9.17, 15) is 0 Å². The van der Waals surface area contributed by atoms with Crippen LogP contribution in [0.5, 0.6) is 0 Å². The fraction of sp³-hybridized carbons (Fsp3) is 0.417.